The van der Waals surface area contributed by atoms with Crippen molar-refractivity contribution in [2.75, 3.05) is 0 Å². The molecule has 3 heteroatoms. The van der Waals surface area contributed by atoms with Gasteiger partial charge in [0.05, 0.1) is 11.0 Å². The van der Waals surface area contributed by atoms with E-state index in [1.54, 1.807) is 0 Å². The van der Waals surface area contributed by atoms with Crippen molar-refractivity contribution >= 4 is 5.97 Å². The molecule has 2 rings (SSSR count). The number of carbonyl (C=O) groups is 1. The van der Waals surface area contributed by atoms with E-state index >= 15 is 0 Å². The van der Waals surface area contributed by atoms with Crippen molar-refractivity contribution in [3.63, 3.8) is 0 Å². The molecule has 98 valence electrons. The van der Waals surface area contributed by atoms with Gasteiger partial charge in [-0.25, -0.2) is 0 Å². The molecule has 0 spiro atoms. The van der Waals surface area contributed by atoms with Gasteiger partial charge in [-0.15, -0.1) is 0 Å². The van der Waals surface area contributed by atoms with Crippen LogP contribution in [0.5, 0.6) is 0 Å². The van der Waals surface area contributed by atoms with E-state index in [-0.39, 0.29) is 5.41 Å². The highest BCUT2D eigenvalue weighted by Crippen LogP contribution is 2.58. The molecule has 2 unspecified atom stereocenters. The van der Waals surface area contributed by atoms with Crippen LogP contribution in [-0.4, -0.2) is 21.8 Å². The van der Waals surface area contributed by atoms with Crippen LogP contribution in [-0.2, 0) is 4.79 Å². The number of hydrogen-bond acceptors (Lipinski definition) is 2. The fourth-order valence-corrected chi connectivity index (χ4v) is 4.30. The lowest BCUT2D eigenvalue weighted by molar-refractivity contribution is -0.203. The summed E-state index contributed by atoms with van der Waals surface area (Å²) >= 11 is 0. The van der Waals surface area contributed by atoms with Crippen molar-refractivity contribution in [2.24, 2.45) is 16.7 Å². The van der Waals surface area contributed by atoms with Crippen molar-refractivity contribution in [2.45, 2.75) is 64.9 Å². The Kier molecular flexibility index (Phi) is 2.81. The summed E-state index contributed by atoms with van der Waals surface area (Å²) in [6.45, 7) is 6.41. The van der Waals surface area contributed by atoms with Gasteiger partial charge in [0, 0.05) is 0 Å². The fraction of sp³-hybridized carbons (Fsp3) is 0.929. The molecule has 0 heterocycles. The summed E-state index contributed by atoms with van der Waals surface area (Å²) in [5.74, 6) is -0.392. The zero-order valence-corrected chi connectivity index (χ0v) is 11.1. The summed E-state index contributed by atoms with van der Waals surface area (Å²) in [6, 6.07) is 0. The molecule has 0 aromatic heterocycles. The molecule has 2 aliphatic rings. The van der Waals surface area contributed by atoms with E-state index in [2.05, 4.69) is 20.8 Å². The minimum absolute atomic E-state index is 0.0461. The van der Waals surface area contributed by atoms with Gasteiger partial charge in [-0.05, 0) is 43.4 Å². The SMILES string of the molecule is CC1CC(C)(C)CC(O)(C2(C(=O)O)CCC2)C1. The van der Waals surface area contributed by atoms with E-state index in [9.17, 15) is 15.0 Å². The third-order valence-corrected chi connectivity index (χ3v) is 4.87. The number of aliphatic carboxylic acids is 1. The van der Waals surface area contributed by atoms with E-state index < -0.39 is 17.0 Å². The second-order valence-corrected chi connectivity index (χ2v) is 7.13. The van der Waals surface area contributed by atoms with Gasteiger partial charge in [-0.2, -0.15) is 0 Å². The maximum absolute atomic E-state index is 11.6. The molecule has 0 aliphatic heterocycles. The maximum Gasteiger partial charge on any atom is 0.312 e. The fourth-order valence-electron chi connectivity index (χ4n) is 4.30. The Hall–Kier alpha value is -0.570. The molecule has 0 amide bonds. The molecule has 0 radical (unpaired) electrons. The van der Waals surface area contributed by atoms with Gasteiger partial charge in [0.2, 0.25) is 0 Å². The van der Waals surface area contributed by atoms with Gasteiger partial charge in [-0.1, -0.05) is 27.2 Å². The molecule has 17 heavy (non-hydrogen) atoms. The number of carboxylic acids is 1. The van der Waals surface area contributed by atoms with Crippen LogP contribution in [0.2, 0.25) is 0 Å². The van der Waals surface area contributed by atoms with Crippen LogP contribution in [0, 0.1) is 16.7 Å². The molecule has 2 saturated carbocycles. The quantitative estimate of drug-likeness (QED) is 0.780. The lowest BCUT2D eigenvalue weighted by Crippen LogP contribution is -2.61. The van der Waals surface area contributed by atoms with Crippen LogP contribution < -0.4 is 0 Å². The molecule has 2 atom stereocenters. The Bertz CT molecular complexity index is 330. The Labute approximate surface area is 103 Å². The van der Waals surface area contributed by atoms with Crippen molar-refractivity contribution in [1.29, 1.82) is 0 Å². The second kappa shape index (κ2) is 3.71. The van der Waals surface area contributed by atoms with Crippen LogP contribution in [0.4, 0.5) is 0 Å². The predicted molar refractivity (Wildman–Crippen MR) is 65.7 cm³/mol. The first-order chi connectivity index (χ1) is 7.71. The topological polar surface area (TPSA) is 57.5 Å². The molecule has 2 N–H and O–H groups in total. The van der Waals surface area contributed by atoms with Gasteiger partial charge >= 0.3 is 5.97 Å². The highest BCUT2D eigenvalue weighted by Gasteiger charge is 2.62. The van der Waals surface area contributed by atoms with Crippen LogP contribution in [0.25, 0.3) is 0 Å². The summed E-state index contributed by atoms with van der Waals surface area (Å²) in [4.78, 5) is 11.6. The van der Waals surface area contributed by atoms with Crippen LogP contribution in [0.3, 0.4) is 0 Å². The molecule has 0 bridgehead atoms. The van der Waals surface area contributed by atoms with Crippen LogP contribution >= 0.6 is 0 Å². The first-order valence-corrected chi connectivity index (χ1v) is 6.67. The Balaban J connectivity index is 2.31. The zero-order chi connectivity index (χ0) is 12.9. The first kappa shape index (κ1) is 12.9. The first-order valence-electron chi connectivity index (χ1n) is 6.67. The van der Waals surface area contributed by atoms with E-state index in [1.165, 1.54) is 0 Å². The molecule has 2 aliphatic carbocycles. The van der Waals surface area contributed by atoms with Crippen LogP contribution in [0.1, 0.15) is 59.3 Å². The molecule has 0 saturated heterocycles. The third-order valence-electron chi connectivity index (χ3n) is 4.87. The van der Waals surface area contributed by atoms with Crippen LogP contribution in [0.15, 0.2) is 0 Å². The monoisotopic (exact) mass is 240 g/mol. The summed E-state index contributed by atoms with van der Waals surface area (Å²) in [5.41, 5.74) is -1.82. The molecule has 3 nitrogen and oxygen atoms in total. The average Bonchev–Trinajstić information content (AvgIpc) is 1.92. The molecule has 2 fully saturated rings. The second-order valence-electron chi connectivity index (χ2n) is 7.13. The van der Waals surface area contributed by atoms with Crippen molar-refractivity contribution in [3.05, 3.63) is 0 Å². The van der Waals surface area contributed by atoms with Crippen molar-refractivity contribution in [1.82, 2.24) is 0 Å². The largest absolute Gasteiger partial charge is 0.481 e. The summed E-state index contributed by atoms with van der Waals surface area (Å²) in [6.07, 6.45) is 4.55. The van der Waals surface area contributed by atoms with Crippen molar-refractivity contribution in [3.8, 4) is 0 Å². The molecule has 0 aromatic rings. The maximum atomic E-state index is 11.6. The predicted octanol–water partition coefficient (Wildman–Crippen LogP) is 2.82. The zero-order valence-electron chi connectivity index (χ0n) is 11.1. The molecular weight excluding hydrogens is 216 g/mol. The third kappa shape index (κ3) is 1.88. The summed E-state index contributed by atoms with van der Waals surface area (Å²) in [5, 5.41) is 20.4. The molecule has 0 aromatic carbocycles. The Morgan fingerprint density at radius 1 is 1.24 bits per heavy atom. The minimum Gasteiger partial charge on any atom is -0.481 e. The standard InChI is InChI=1S/C14H24O3/c1-10-7-12(2,3)9-14(17,8-10)13(11(15)16)5-4-6-13/h10,17H,4-9H2,1-3H3,(H,15,16). The molecular formula is C14H24O3. The van der Waals surface area contributed by atoms with Gasteiger partial charge in [0.15, 0.2) is 0 Å². The van der Waals surface area contributed by atoms with E-state index in [1.807, 2.05) is 0 Å². The van der Waals surface area contributed by atoms with Crippen molar-refractivity contribution < 1.29 is 15.0 Å². The lowest BCUT2D eigenvalue weighted by Gasteiger charge is -2.56. The lowest BCUT2D eigenvalue weighted by atomic mass is 9.50. The van der Waals surface area contributed by atoms with E-state index in [0.29, 0.717) is 31.6 Å². The van der Waals surface area contributed by atoms with E-state index in [0.717, 1.165) is 12.8 Å². The number of aliphatic hydroxyl groups is 1. The number of carboxylic acid groups (broad SMARTS) is 1. The summed E-state index contributed by atoms with van der Waals surface area (Å²) < 4.78 is 0. The number of rotatable bonds is 2. The number of hydrogen-bond donors (Lipinski definition) is 2. The van der Waals surface area contributed by atoms with Gasteiger partial charge < -0.3 is 10.2 Å². The smallest absolute Gasteiger partial charge is 0.312 e. The van der Waals surface area contributed by atoms with E-state index in [4.69, 9.17) is 0 Å². The van der Waals surface area contributed by atoms with Gasteiger partial charge in [0.1, 0.15) is 0 Å². The Morgan fingerprint density at radius 2 is 1.82 bits per heavy atom. The van der Waals surface area contributed by atoms with Gasteiger partial charge in [-0.3, -0.25) is 4.79 Å². The Morgan fingerprint density at radius 3 is 2.18 bits per heavy atom. The summed E-state index contributed by atoms with van der Waals surface area (Å²) in [7, 11) is 0. The van der Waals surface area contributed by atoms with Gasteiger partial charge in [0.25, 0.3) is 0 Å². The average molecular weight is 240 g/mol. The normalized spacial score (nSPS) is 39.4. The highest BCUT2D eigenvalue weighted by atomic mass is 16.4. The highest BCUT2D eigenvalue weighted by molar-refractivity contribution is 5.77. The minimum atomic E-state index is -1.00.